The SMILES string of the molecule is Cc1c(Br)cccc1OC1CCC(C(C)CCN2CCN(c3ccc4c(C5CCC(=O)NC5=O)nn(C)c4c3)CC2)CC1. The van der Waals surface area contributed by atoms with Crippen molar-refractivity contribution in [1.29, 1.82) is 0 Å². The molecule has 2 aliphatic heterocycles. The molecule has 0 radical (unpaired) electrons. The molecular formula is C34H44BrN5O3. The molecule has 2 unspecified atom stereocenters. The van der Waals surface area contributed by atoms with Crippen LogP contribution >= 0.6 is 15.9 Å². The van der Waals surface area contributed by atoms with E-state index in [1.807, 2.05) is 11.7 Å². The van der Waals surface area contributed by atoms with E-state index in [1.165, 1.54) is 37.1 Å². The first-order chi connectivity index (χ1) is 20.8. The molecule has 2 aromatic carbocycles. The number of benzene rings is 2. The van der Waals surface area contributed by atoms with Crippen molar-refractivity contribution < 1.29 is 14.3 Å². The maximum absolute atomic E-state index is 12.5. The van der Waals surface area contributed by atoms with E-state index in [4.69, 9.17) is 9.84 Å². The predicted octanol–water partition coefficient (Wildman–Crippen LogP) is 5.95. The molecule has 3 fully saturated rings. The summed E-state index contributed by atoms with van der Waals surface area (Å²) in [6, 6.07) is 12.7. The number of nitrogens with zero attached hydrogens (tertiary/aromatic N) is 4. The Bertz CT molecular complexity index is 1470. The molecule has 1 N–H and O–H groups in total. The first kappa shape index (κ1) is 30.1. The van der Waals surface area contributed by atoms with Crippen molar-refractivity contribution in [3.8, 4) is 5.75 Å². The predicted molar refractivity (Wildman–Crippen MR) is 174 cm³/mol. The molecule has 1 aromatic heterocycles. The lowest BCUT2D eigenvalue weighted by molar-refractivity contribution is -0.134. The van der Waals surface area contributed by atoms with E-state index >= 15 is 0 Å². The number of nitrogens with one attached hydrogen (secondary N) is 1. The maximum Gasteiger partial charge on any atom is 0.235 e. The van der Waals surface area contributed by atoms with Crippen molar-refractivity contribution in [3.63, 3.8) is 0 Å². The second-order valence-electron chi connectivity index (χ2n) is 12.8. The van der Waals surface area contributed by atoms with Crippen molar-refractivity contribution in [2.24, 2.45) is 18.9 Å². The van der Waals surface area contributed by atoms with Crippen molar-refractivity contribution in [1.82, 2.24) is 20.0 Å². The lowest BCUT2D eigenvalue weighted by Gasteiger charge is -2.37. The Morgan fingerprint density at radius 1 is 1.05 bits per heavy atom. The summed E-state index contributed by atoms with van der Waals surface area (Å²) in [5.41, 5.74) is 4.19. The molecule has 3 aromatic rings. The molecule has 43 heavy (non-hydrogen) atoms. The zero-order chi connectivity index (χ0) is 30.1. The topological polar surface area (TPSA) is 79.7 Å². The molecule has 1 saturated carbocycles. The van der Waals surface area contributed by atoms with E-state index in [9.17, 15) is 9.59 Å². The minimum atomic E-state index is -0.372. The lowest BCUT2D eigenvalue weighted by Crippen LogP contribution is -2.47. The number of ether oxygens (including phenoxy) is 1. The Labute approximate surface area is 263 Å². The number of imide groups is 1. The Morgan fingerprint density at radius 2 is 1.81 bits per heavy atom. The summed E-state index contributed by atoms with van der Waals surface area (Å²) in [6.45, 7) is 9.90. The number of aryl methyl sites for hydroxylation is 1. The summed E-state index contributed by atoms with van der Waals surface area (Å²) in [7, 11) is 1.93. The van der Waals surface area contributed by atoms with Crippen molar-refractivity contribution in [2.45, 2.75) is 70.8 Å². The van der Waals surface area contributed by atoms with E-state index in [0.29, 0.717) is 18.9 Å². The van der Waals surface area contributed by atoms with Crippen LogP contribution < -0.4 is 15.0 Å². The molecule has 0 bridgehead atoms. The van der Waals surface area contributed by atoms with Crippen LogP contribution in [0, 0.1) is 18.8 Å². The number of halogens is 1. The van der Waals surface area contributed by atoms with Crippen LogP contribution in [0.25, 0.3) is 10.9 Å². The maximum atomic E-state index is 12.5. The number of rotatable bonds is 8. The summed E-state index contributed by atoms with van der Waals surface area (Å²) in [5.74, 6) is 1.74. The molecule has 8 nitrogen and oxygen atoms in total. The van der Waals surface area contributed by atoms with Gasteiger partial charge >= 0.3 is 0 Å². The molecule has 2 amide bonds. The summed E-state index contributed by atoms with van der Waals surface area (Å²) in [6.07, 6.45) is 7.28. The number of carbonyl (C=O) groups is 2. The highest BCUT2D eigenvalue weighted by molar-refractivity contribution is 9.10. The highest BCUT2D eigenvalue weighted by Gasteiger charge is 2.32. The zero-order valence-electron chi connectivity index (χ0n) is 25.7. The quantitative estimate of drug-likeness (QED) is 0.304. The average molecular weight is 651 g/mol. The number of hydrogen-bond donors (Lipinski definition) is 1. The molecule has 1 aliphatic carbocycles. The van der Waals surface area contributed by atoms with Gasteiger partial charge in [0.05, 0.1) is 23.2 Å². The summed E-state index contributed by atoms with van der Waals surface area (Å²) < 4.78 is 9.37. The van der Waals surface area contributed by atoms with Crippen molar-refractivity contribution >= 4 is 44.3 Å². The molecule has 3 aliphatic rings. The number of hydrogen-bond acceptors (Lipinski definition) is 6. The van der Waals surface area contributed by atoms with E-state index in [0.717, 1.165) is 77.7 Å². The molecule has 2 atom stereocenters. The van der Waals surface area contributed by atoms with Gasteiger partial charge in [-0.05, 0) is 94.2 Å². The minimum Gasteiger partial charge on any atom is -0.490 e. The number of amides is 2. The fourth-order valence-corrected chi connectivity index (χ4v) is 7.55. The van der Waals surface area contributed by atoms with Gasteiger partial charge in [0.15, 0.2) is 0 Å². The molecule has 6 rings (SSSR count). The Morgan fingerprint density at radius 3 is 2.56 bits per heavy atom. The first-order valence-corrected chi connectivity index (χ1v) is 16.8. The van der Waals surface area contributed by atoms with Crippen LogP contribution in [0.5, 0.6) is 5.75 Å². The normalized spacial score (nSPS) is 24.3. The van der Waals surface area contributed by atoms with Gasteiger partial charge in [0, 0.05) is 60.8 Å². The van der Waals surface area contributed by atoms with Crippen LogP contribution in [0.2, 0.25) is 0 Å². The third-order valence-corrected chi connectivity index (χ3v) is 11.0. The van der Waals surface area contributed by atoms with Gasteiger partial charge in [0.1, 0.15) is 5.75 Å². The Kier molecular flexibility index (Phi) is 9.10. The Balaban J connectivity index is 0.967. The summed E-state index contributed by atoms with van der Waals surface area (Å²) in [4.78, 5) is 29.2. The Hall–Kier alpha value is -2.91. The van der Waals surface area contributed by atoms with E-state index in [1.54, 1.807) is 0 Å². The molecule has 0 spiro atoms. The van der Waals surface area contributed by atoms with Crippen LogP contribution in [0.1, 0.15) is 69.0 Å². The number of piperazine rings is 1. The summed E-state index contributed by atoms with van der Waals surface area (Å²) in [5, 5.41) is 8.17. The zero-order valence-corrected chi connectivity index (χ0v) is 27.2. The summed E-state index contributed by atoms with van der Waals surface area (Å²) >= 11 is 3.62. The second-order valence-corrected chi connectivity index (χ2v) is 13.7. The van der Waals surface area contributed by atoms with Gasteiger partial charge in [-0.25, -0.2) is 0 Å². The third kappa shape index (κ3) is 6.63. The van der Waals surface area contributed by atoms with Crippen molar-refractivity contribution in [3.05, 3.63) is 52.1 Å². The van der Waals surface area contributed by atoms with Gasteiger partial charge < -0.3 is 9.64 Å². The molecule has 230 valence electrons. The number of anilines is 1. The number of aromatic nitrogens is 2. The van der Waals surface area contributed by atoms with E-state index in [2.05, 4.69) is 81.3 Å². The van der Waals surface area contributed by atoms with Crippen LogP contribution in [0.3, 0.4) is 0 Å². The largest absolute Gasteiger partial charge is 0.490 e. The van der Waals surface area contributed by atoms with E-state index in [-0.39, 0.29) is 17.7 Å². The van der Waals surface area contributed by atoms with Crippen LogP contribution in [-0.2, 0) is 16.6 Å². The van der Waals surface area contributed by atoms with Gasteiger partial charge in [-0.3, -0.25) is 24.5 Å². The smallest absolute Gasteiger partial charge is 0.235 e. The van der Waals surface area contributed by atoms with Gasteiger partial charge in [-0.2, -0.15) is 5.10 Å². The van der Waals surface area contributed by atoms with Crippen molar-refractivity contribution in [2.75, 3.05) is 37.6 Å². The van der Waals surface area contributed by atoms with Gasteiger partial charge in [0.2, 0.25) is 11.8 Å². The molecule has 9 heteroatoms. The second kappa shape index (κ2) is 13.0. The number of carbonyl (C=O) groups excluding carboxylic acids is 2. The third-order valence-electron chi connectivity index (χ3n) is 10.1. The van der Waals surface area contributed by atoms with E-state index < -0.39 is 0 Å². The average Bonchev–Trinajstić information content (AvgIpc) is 3.34. The molecular weight excluding hydrogens is 606 g/mol. The highest BCUT2D eigenvalue weighted by atomic mass is 79.9. The fraction of sp³-hybridized carbons (Fsp3) is 0.559. The fourth-order valence-electron chi connectivity index (χ4n) is 7.20. The minimum absolute atomic E-state index is 0.196. The molecule has 3 heterocycles. The lowest BCUT2D eigenvalue weighted by atomic mass is 9.78. The molecule has 2 saturated heterocycles. The number of piperidine rings is 1. The standard InChI is InChI=1S/C34H44BrN5O3/c1-22(24-7-10-26(11-8-24)43-31-6-4-5-29(35)23(31)2)15-16-39-17-19-40(20-18-39)25-9-12-27-30(21-25)38(3)37-33(27)28-13-14-32(41)36-34(28)42/h4-6,9,12,21-22,24,26,28H,7-8,10-11,13-20H2,1-3H3,(H,36,41,42). The van der Waals surface area contributed by atoms with Gasteiger partial charge in [-0.1, -0.05) is 28.9 Å². The van der Waals surface area contributed by atoms with Gasteiger partial charge in [-0.15, -0.1) is 0 Å². The van der Waals surface area contributed by atoms with Gasteiger partial charge in [0.25, 0.3) is 0 Å². The van der Waals surface area contributed by atoms with Crippen LogP contribution in [0.15, 0.2) is 40.9 Å². The number of fused-ring (bicyclic) bond motifs is 1. The van der Waals surface area contributed by atoms with Crippen LogP contribution in [-0.4, -0.2) is 65.3 Å². The monoisotopic (exact) mass is 649 g/mol. The van der Waals surface area contributed by atoms with Crippen LogP contribution in [0.4, 0.5) is 5.69 Å². The first-order valence-electron chi connectivity index (χ1n) is 16.0. The highest BCUT2D eigenvalue weighted by Crippen LogP contribution is 2.36.